The Balaban J connectivity index is 1.73. The van der Waals surface area contributed by atoms with Gasteiger partial charge in [0.1, 0.15) is 0 Å². The molecule has 5 nitrogen and oxygen atoms in total. The third-order valence-corrected chi connectivity index (χ3v) is 3.78. The average Bonchev–Trinajstić information content (AvgIpc) is 2.93. The quantitative estimate of drug-likeness (QED) is 0.900. The van der Waals surface area contributed by atoms with Gasteiger partial charge < -0.3 is 15.0 Å². The van der Waals surface area contributed by atoms with Gasteiger partial charge in [-0.15, -0.1) is 0 Å². The maximum atomic E-state index is 12.0. The fourth-order valence-electron chi connectivity index (χ4n) is 2.02. The van der Waals surface area contributed by atoms with Gasteiger partial charge in [-0.05, 0) is 18.4 Å². The van der Waals surface area contributed by atoms with Crippen LogP contribution in [0.5, 0.6) is 0 Å². The van der Waals surface area contributed by atoms with Gasteiger partial charge in [0.25, 0.3) is 5.91 Å². The van der Waals surface area contributed by atoms with Crippen LogP contribution in [0, 0.1) is 0 Å². The molecule has 0 radical (unpaired) electrons. The zero-order valence-corrected chi connectivity index (χ0v) is 11.7. The van der Waals surface area contributed by atoms with Crippen LogP contribution in [0.3, 0.4) is 0 Å². The molecule has 0 unspecified atom stereocenters. The lowest BCUT2D eigenvalue weighted by Crippen LogP contribution is -2.47. The zero-order chi connectivity index (χ0) is 13.7. The van der Waals surface area contributed by atoms with E-state index in [0.717, 1.165) is 0 Å². The molecule has 0 aromatic carbocycles. The van der Waals surface area contributed by atoms with Crippen LogP contribution in [0.1, 0.15) is 23.7 Å². The van der Waals surface area contributed by atoms with Gasteiger partial charge in [0.05, 0.1) is 19.3 Å². The van der Waals surface area contributed by atoms with Gasteiger partial charge in [-0.3, -0.25) is 9.59 Å². The van der Waals surface area contributed by atoms with E-state index in [4.69, 9.17) is 4.74 Å². The molecule has 1 aromatic heterocycles. The van der Waals surface area contributed by atoms with Crippen molar-refractivity contribution >= 4 is 23.2 Å². The highest BCUT2D eigenvalue weighted by Gasteiger charge is 2.23. The van der Waals surface area contributed by atoms with E-state index < -0.39 is 0 Å². The molecule has 1 atom stereocenters. The Morgan fingerprint density at radius 1 is 1.58 bits per heavy atom. The number of hydrogen-bond donors (Lipinski definition) is 1. The molecule has 0 aliphatic carbocycles. The van der Waals surface area contributed by atoms with Crippen molar-refractivity contribution in [3.8, 4) is 0 Å². The third-order valence-electron chi connectivity index (χ3n) is 3.10. The Labute approximate surface area is 116 Å². The molecular formula is C13H18N2O3S. The molecule has 0 saturated carbocycles. The summed E-state index contributed by atoms with van der Waals surface area (Å²) in [4.78, 5) is 25.5. The van der Waals surface area contributed by atoms with Crippen molar-refractivity contribution in [1.82, 2.24) is 10.2 Å². The standard InChI is InChI=1S/C13H18N2O3S/c1-10-8-18-6-5-15(10)12(16)2-4-14-13(17)11-3-7-19-9-11/h3,7,9-10H,2,4-6,8H2,1H3,(H,14,17)/t10-/m1/s1. The van der Waals surface area contributed by atoms with Gasteiger partial charge in [-0.25, -0.2) is 0 Å². The van der Waals surface area contributed by atoms with Gasteiger partial charge in [0.15, 0.2) is 0 Å². The van der Waals surface area contributed by atoms with Crippen molar-refractivity contribution in [2.24, 2.45) is 0 Å². The Morgan fingerprint density at radius 2 is 2.42 bits per heavy atom. The van der Waals surface area contributed by atoms with E-state index in [-0.39, 0.29) is 17.9 Å². The summed E-state index contributed by atoms with van der Waals surface area (Å²) < 4.78 is 5.29. The highest BCUT2D eigenvalue weighted by Crippen LogP contribution is 2.08. The molecule has 104 valence electrons. The van der Waals surface area contributed by atoms with Crippen LogP contribution in [0.15, 0.2) is 16.8 Å². The molecular weight excluding hydrogens is 264 g/mol. The van der Waals surface area contributed by atoms with Gasteiger partial charge in [0.2, 0.25) is 5.91 Å². The number of nitrogens with zero attached hydrogens (tertiary/aromatic N) is 1. The monoisotopic (exact) mass is 282 g/mol. The van der Waals surface area contributed by atoms with E-state index in [1.807, 2.05) is 17.2 Å². The minimum atomic E-state index is -0.121. The normalized spacial score (nSPS) is 19.2. The predicted molar refractivity (Wildman–Crippen MR) is 73.3 cm³/mol. The molecule has 1 N–H and O–H groups in total. The number of thiophene rings is 1. The number of rotatable bonds is 4. The van der Waals surface area contributed by atoms with Crippen molar-refractivity contribution in [2.75, 3.05) is 26.3 Å². The van der Waals surface area contributed by atoms with Crippen molar-refractivity contribution in [2.45, 2.75) is 19.4 Å². The van der Waals surface area contributed by atoms with Gasteiger partial charge in [-0.1, -0.05) is 0 Å². The molecule has 1 aromatic rings. The number of ether oxygens (including phenoxy) is 1. The van der Waals surface area contributed by atoms with Gasteiger partial charge in [-0.2, -0.15) is 11.3 Å². The Bertz CT molecular complexity index is 433. The summed E-state index contributed by atoms with van der Waals surface area (Å²) in [7, 11) is 0. The number of morpholine rings is 1. The number of carbonyl (C=O) groups is 2. The molecule has 1 aliphatic rings. The predicted octanol–water partition coefficient (Wildman–Crippen LogP) is 1.12. The first kappa shape index (κ1) is 14.0. The maximum absolute atomic E-state index is 12.0. The molecule has 2 rings (SSSR count). The van der Waals surface area contributed by atoms with E-state index in [2.05, 4.69) is 5.32 Å². The Kier molecular flexibility index (Phi) is 4.93. The molecule has 0 bridgehead atoms. The van der Waals surface area contributed by atoms with E-state index >= 15 is 0 Å². The molecule has 6 heteroatoms. The first-order valence-electron chi connectivity index (χ1n) is 6.36. The van der Waals surface area contributed by atoms with E-state index in [9.17, 15) is 9.59 Å². The summed E-state index contributed by atoms with van der Waals surface area (Å²) in [6.45, 7) is 4.17. The summed E-state index contributed by atoms with van der Waals surface area (Å²) in [6, 6.07) is 1.89. The molecule has 1 aliphatic heterocycles. The average molecular weight is 282 g/mol. The van der Waals surface area contributed by atoms with Crippen molar-refractivity contribution in [1.29, 1.82) is 0 Å². The van der Waals surface area contributed by atoms with Crippen LogP contribution < -0.4 is 5.32 Å². The first-order chi connectivity index (χ1) is 9.18. The van der Waals surface area contributed by atoms with Crippen LogP contribution in [0.25, 0.3) is 0 Å². The van der Waals surface area contributed by atoms with Gasteiger partial charge >= 0.3 is 0 Å². The zero-order valence-electron chi connectivity index (χ0n) is 10.9. The van der Waals surface area contributed by atoms with Crippen LogP contribution in [-0.2, 0) is 9.53 Å². The fraction of sp³-hybridized carbons (Fsp3) is 0.538. The summed E-state index contributed by atoms with van der Waals surface area (Å²) in [6.07, 6.45) is 0.334. The third kappa shape index (κ3) is 3.78. The molecule has 0 spiro atoms. The van der Waals surface area contributed by atoms with Crippen LogP contribution in [-0.4, -0.2) is 49.1 Å². The smallest absolute Gasteiger partial charge is 0.252 e. The summed E-state index contributed by atoms with van der Waals surface area (Å²) in [5.41, 5.74) is 0.650. The second kappa shape index (κ2) is 6.68. The summed E-state index contributed by atoms with van der Waals surface area (Å²) in [5, 5.41) is 6.41. The van der Waals surface area contributed by atoms with E-state index in [0.29, 0.717) is 38.3 Å². The maximum Gasteiger partial charge on any atom is 0.252 e. The topological polar surface area (TPSA) is 58.6 Å². The fourth-order valence-corrected chi connectivity index (χ4v) is 2.66. The van der Waals surface area contributed by atoms with Crippen molar-refractivity contribution in [3.05, 3.63) is 22.4 Å². The SMILES string of the molecule is C[C@@H]1COCCN1C(=O)CCNC(=O)c1ccsc1. The van der Waals surface area contributed by atoms with Crippen LogP contribution in [0.4, 0.5) is 0 Å². The van der Waals surface area contributed by atoms with Gasteiger partial charge in [0, 0.05) is 30.5 Å². The minimum absolute atomic E-state index is 0.0708. The minimum Gasteiger partial charge on any atom is -0.377 e. The van der Waals surface area contributed by atoms with E-state index in [1.165, 1.54) is 11.3 Å². The largest absolute Gasteiger partial charge is 0.377 e. The lowest BCUT2D eigenvalue weighted by Gasteiger charge is -2.33. The number of carbonyl (C=O) groups excluding carboxylic acids is 2. The molecule has 2 amide bonds. The van der Waals surface area contributed by atoms with Crippen molar-refractivity contribution < 1.29 is 14.3 Å². The second-order valence-corrected chi connectivity index (χ2v) is 5.31. The molecule has 19 heavy (non-hydrogen) atoms. The Hall–Kier alpha value is -1.40. The molecule has 1 saturated heterocycles. The number of hydrogen-bond acceptors (Lipinski definition) is 4. The lowest BCUT2D eigenvalue weighted by atomic mass is 10.2. The highest BCUT2D eigenvalue weighted by molar-refractivity contribution is 7.08. The Morgan fingerprint density at radius 3 is 3.11 bits per heavy atom. The first-order valence-corrected chi connectivity index (χ1v) is 7.30. The summed E-state index contributed by atoms with van der Waals surface area (Å²) >= 11 is 1.48. The molecule has 2 heterocycles. The summed E-state index contributed by atoms with van der Waals surface area (Å²) in [5.74, 6) is -0.0505. The second-order valence-electron chi connectivity index (χ2n) is 4.53. The van der Waals surface area contributed by atoms with E-state index in [1.54, 1.807) is 11.4 Å². The van der Waals surface area contributed by atoms with Crippen LogP contribution >= 0.6 is 11.3 Å². The highest BCUT2D eigenvalue weighted by atomic mass is 32.1. The number of nitrogens with one attached hydrogen (secondary N) is 1. The number of amides is 2. The van der Waals surface area contributed by atoms with Crippen molar-refractivity contribution in [3.63, 3.8) is 0 Å². The van der Waals surface area contributed by atoms with Crippen LogP contribution in [0.2, 0.25) is 0 Å². The lowest BCUT2D eigenvalue weighted by molar-refractivity contribution is -0.138. The molecule has 1 fully saturated rings.